The second-order valence-corrected chi connectivity index (χ2v) is 6.34. The minimum absolute atomic E-state index is 0.0427. The molecule has 0 fully saturated rings. The lowest BCUT2D eigenvalue weighted by Gasteiger charge is -2.08. The Morgan fingerprint density at radius 1 is 1.10 bits per heavy atom. The smallest absolute Gasteiger partial charge is 0.181 e. The summed E-state index contributed by atoms with van der Waals surface area (Å²) in [5.41, 5.74) is 0.344. The van der Waals surface area contributed by atoms with Gasteiger partial charge in [-0.15, -0.1) is 0 Å². The van der Waals surface area contributed by atoms with Crippen molar-refractivity contribution in [3.8, 4) is 11.8 Å². The van der Waals surface area contributed by atoms with Gasteiger partial charge in [0.1, 0.15) is 24.2 Å². The van der Waals surface area contributed by atoms with E-state index in [4.69, 9.17) is 10.00 Å². The number of halogens is 1. The summed E-state index contributed by atoms with van der Waals surface area (Å²) in [7, 11) is -3.54. The molecular formula is C15H12FNO3S. The molecule has 2 rings (SSSR count). The summed E-state index contributed by atoms with van der Waals surface area (Å²) in [6.45, 7) is -0.0849. The number of para-hydroxylation sites is 1. The van der Waals surface area contributed by atoms with Gasteiger partial charge in [0.15, 0.2) is 9.84 Å². The molecule has 0 heterocycles. The molecule has 6 heteroatoms. The van der Waals surface area contributed by atoms with Crippen LogP contribution >= 0.6 is 0 Å². The van der Waals surface area contributed by atoms with E-state index in [0.29, 0.717) is 11.3 Å². The molecule has 0 radical (unpaired) electrons. The minimum atomic E-state index is -3.54. The van der Waals surface area contributed by atoms with Crippen molar-refractivity contribution < 1.29 is 17.5 Å². The van der Waals surface area contributed by atoms with Gasteiger partial charge >= 0.3 is 0 Å². The number of hydrogen-bond acceptors (Lipinski definition) is 4. The standard InChI is InChI=1S/C15H12FNO3S/c16-13-5-7-14(8-6-13)21(18,19)10-9-20-15-4-2-1-3-12(15)11-17/h1-8H,9-10H2. The van der Waals surface area contributed by atoms with Crippen molar-refractivity contribution in [2.75, 3.05) is 12.4 Å². The molecule has 0 saturated heterocycles. The SMILES string of the molecule is N#Cc1ccccc1OCCS(=O)(=O)c1ccc(F)cc1. The Balaban J connectivity index is 2.03. The first-order valence-electron chi connectivity index (χ1n) is 6.13. The summed E-state index contributed by atoms with van der Waals surface area (Å²) in [6.07, 6.45) is 0. The van der Waals surface area contributed by atoms with Gasteiger partial charge in [-0.3, -0.25) is 0 Å². The minimum Gasteiger partial charge on any atom is -0.491 e. The largest absolute Gasteiger partial charge is 0.491 e. The number of rotatable bonds is 5. The maximum absolute atomic E-state index is 12.8. The first kappa shape index (κ1) is 15.0. The van der Waals surface area contributed by atoms with E-state index in [-0.39, 0.29) is 17.3 Å². The Labute approximate surface area is 122 Å². The normalized spacial score (nSPS) is 10.9. The summed E-state index contributed by atoms with van der Waals surface area (Å²) >= 11 is 0. The number of sulfone groups is 1. The van der Waals surface area contributed by atoms with Crippen LogP contribution in [0.15, 0.2) is 53.4 Å². The fourth-order valence-electron chi connectivity index (χ4n) is 1.71. The Kier molecular flexibility index (Phi) is 4.55. The lowest BCUT2D eigenvalue weighted by atomic mass is 10.2. The average molecular weight is 305 g/mol. The monoisotopic (exact) mass is 305 g/mol. The van der Waals surface area contributed by atoms with E-state index < -0.39 is 15.7 Å². The van der Waals surface area contributed by atoms with Gasteiger partial charge in [0.25, 0.3) is 0 Å². The first-order valence-corrected chi connectivity index (χ1v) is 7.78. The van der Waals surface area contributed by atoms with Crippen LogP contribution < -0.4 is 4.74 Å². The number of hydrogen-bond donors (Lipinski definition) is 0. The van der Waals surface area contributed by atoms with Crippen LogP contribution in [0.5, 0.6) is 5.75 Å². The Bertz CT molecular complexity index is 764. The molecule has 0 aliphatic carbocycles. The lowest BCUT2D eigenvalue weighted by molar-refractivity contribution is 0.340. The van der Waals surface area contributed by atoms with E-state index in [9.17, 15) is 12.8 Å². The molecule has 0 aromatic heterocycles. The third kappa shape index (κ3) is 3.80. The van der Waals surface area contributed by atoms with E-state index in [2.05, 4.69) is 0 Å². The van der Waals surface area contributed by atoms with Crippen LogP contribution in [0.1, 0.15) is 5.56 Å². The van der Waals surface area contributed by atoms with Crippen molar-refractivity contribution in [1.82, 2.24) is 0 Å². The zero-order chi connectivity index (χ0) is 15.3. The third-order valence-corrected chi connectivity index (χ3v) is 4.48. The maximum Gasteiger partial charge on any atom is 0.181 e. The second kappa shape index (κ2) is 6.37. The van der Waals surface area contributed by atoms with Crippen molar-refractivity contribution in [3.05, 3.63) is 59.9 Å². The second-order valence-electron chi connectivity index (χ2n) is 4.23. The summed E-state index contributed by atoms with van der Waals surface area (Å²) in [5, 5.41) is 8.90. The highest BCUT2D eigenvalue weighted by Gasteiger charge is 2.15. The van der Waals surface area contributed by atoms with Gasteiger partial charge in [-0.2, -0.15) is 5.26 Å². The Morgan fingerprint density at radius 2 is 1.76 bits per heavy atom. The summed E-state index contributed by atoms with van der Waals surface area (Å²) in [6, 6.07) is 13.2. The summed E-state index contributed by atoms with van der Waals surface area (Å²) < 4.78 is 42.2. The number of benzene rings is 2. The van der Waals surface area contributed by atoms with Crippen LogP contribution in [0, 0.1) is 17.1 Å². The van der Waals surface area contributed by atoms with Gasteiger partial charge in [-0.1, -0.05) is 12.1 Å². The molecule has 0 unspecified atom stereocenters. The molecule has 0 bridgehead atoms. The molecule has 0 saturated carbocycles. The molecule has 0 amide bonds. The van der Waals surface area contributed by atoms with Gasteiger partial charge < -0.3 is 4.74 Å². The van der Waals surface area contributed by atoms with E-state index in [1.807, 2.05) is 6.07 Å². The number of nitrogens with zero attached hydrogens (tertiary/aromatic N) is 1. The van der Waals surface area contributed by atoms with Crippen molar-refractivity contribution in [2.45, 2.75) is 4.90 Å². The molecule has 0 aliphatic rings. The molecule has 21 heavy (non-hydrogen) atoms. The summed E-state index contributed by atoms with van der Waals surface area (Å²) in [5.74, 6) is -0.402. The molecular weight excluding hydrogens is 293 g/mol. The number of nitriles is 1. The quantitative estimate of drug-likeness (QED) is 0.796. The lowest BCUT2D eigenvalue weighted by Crippen LogP contribution is -2.14. The van der Waals surface area contributed by atoms with Crippen LogP contribution in [0.25, 0.3) is 0 Å². The first-order chi connectivity index (χ1) is 10.0. The van der Waals surface area contributed by atoms with Gasteiger partial charge in [0.05, 0.1) is 16.2 Å². The summed E-state index contributed by atoms with van der Waals surface area (Å²) in [4.78, 5) is 0.0427. The molecule has 0 spiro atoms. The van der Waals surface area contributed by atoms with Crippen LogP contribution in [0.4, 0.5) is 4.39 Å². The van der Waals surface area contributed by atoms with Crippen LogP contribution in [-0.2, 0) is 9.84 Å². The van der Waals surface area contributed by atoms with Gasteiger partial charge in [-0.25, -0.2) is 12.8 Å². The average Bonchev–Trinajstić information content (AvgIpc) is 2.48. The molecule has 4 nitrogen and oxygen atoms in total. The van der Waals surface area contributed by atoms with E-state index in [1.54, 1.807) is 24.3 Å². The molecule has 0 aliphatic heterocycles. The van der Waals surface area contributed by atoms with E-state index in [1.165, 1.54) is 12.1 Å². The van der Waals surface area contributed by atoms with E-state index >= 15 is 0 Å². The third-order valence-electron chi connectivity index (χ3n) is 2.79. The fraction of sp³-hybridized carbons (Fsp3) is 0.133. The molecule has 0 atom stereocenters. The predicted molar refractivity (Wildman–Crippen MR) is 75.1 cm³/mol. The van der Waals surface area contributed by atoms with Gasteiger partial charge in [-0.05, 0) is 36.4 Å². The van der Waals surface area contributed by atoms with Crippen molar-refractivity contribution in [1.29, 1.82) is 5.26 Å². The topological polar surface area (TPSA) is 67.2 Å². The van der Waals surface area contributed by atoms with Crippen molar-refractivity contribution in [3.63, 3.8) is 0 Å². The Morgan fingerprint density at radius 3 is 2.43 bits per heavy atom. The molecule has 108 valence electrons. The van der Waals surface area contributed by atoms with Gasteiger partial charge in [0, 0.05) is 0 Å². The van der Waals surface area contributed by atoms with Crippen LogP contribution in [0.3, 0.4) is 0 Å². The highest BCUT2D eigenvalue weighted by molar-refractivity contribution is 7.91. The van der Waals surface area contributed by atoms with Gasteiger partial charge in [0.2, 0.25) is 0 Å². The molecule has 0 N–H and O–H groups in total. The predicted octanol–water partition coefficient (Wildman–Crippen LogP) is 2.55. The van der Waals surface area contributed by atoms with Crippen LogP contribution in [0.2, 0.25) is 0 Å². The van der Waals surface area contributed by atoms with Crippen LogP contribution in [-0.4, -0.2) is 20.8 Å². The van der Waals surface area contributed by atoms with Crippen molar-refractivity contribution >= 4 is 9.84 Å². The molecule has 2 aromatic carbocycles. The number of ether oxygens (including phenoxy) is 1. The zero-order valence-corrected chi connectivity index (χ0v) is 11.8. The Hall–Kier alpha value is -2.39. The fourth-order valence-corrected chi connectivity index (χ4v) is 2.80. The highest BCUT2D eigenvalue weighted by Crippen LogP contribution is 2.17. The zero-order valence-electron chi connectivity index (χ0n) is 11.0. The highest BCUT2D eigenvalue weighted by atomic mass is 32.2. The van der Waals surface area contributed by atoms with E-state index in [0.717, 1.165) is 12.1 Å². The van der Waals surface area contributed by atoms with Crippen molar-refractivity contribution in [2.24, 2.45) is 0 Å². The molecule has 2 aromatic rings. The maximum atomic E-state index is 12.8.